The smallest absolute Gasteiger partial charge is 0.261 e. The van der Waals surface area contributed by atoms with Gasteiger partial charge in [0.2, 0.25) is 0 Å². The summed E-state index contributed by atoms with van der Waals surface area (Å²) in [7, 11) is 0. The monoisotopic (exact) mass is 344 g/mol. The Morgan fingerprint density at radius 3 is 2.92 bits per heavy atom. The molecule has 1 aromatic heterocycles. The van der Waals surface area contributed by atoms with E-state index < -0.39 is 0 Å². The molecule has 2 aromatic carbocycles. The second kappa shape index (κ2) is 6.45. The minimum absolute atomic E-state index is 0.0432. The fraction of sp³-hybridized carbons (Fsp3) is 0.200. The molecule has 26 heavy (non-hydrogen) atoms. The molecule has 1 amide bonds. The van der Waals surface area contributed by atoms with E-state index in [1.54, 1.807) is 47.0 Å². The molecule has 1 N–H and O–H groups in total. The third-order valence-corrected chi connectivity index (χ3v) is 4.58. The number of amides is 1. The number of hydrogen-bond acceptors (Lipinski definition) is 4. The Hall–Kier alpha value is -3.46. The number of carbonyl (C=O) groups excluding carboxylic acids is 1. The molecule has 0 spiro atoms. The highest BCUT2D eigenvalue weighted by atomic mass is 16.1. The Morgan fingerprint density at radius 1 is 1.19 bits per heavy atom. The van der Waals surface area contributed by atoms with Gasteiger partial charge in [0.05, 0.1) is 22.5 Å². The van der Waals surface area contributed by atoms with Crippen molar-refractivity contribution in [2.45, 2.75) is 25.8 Å². The first-order chi connectivity index (χ1) is 12.7. The SMILES string of the molecule is N#Cc1cccc(NC(=O)c2ccc3c(=O)n4c(nc3c2)CCCC4)c1. The van der Waals surface area contributed by atoms with Gasteiger partial charge in [-0.2, -0.15) is 5.26 Å². The van der Waals surface area contributed by atoms with Gasteiger partial charge in [-0.15, -0.1) is 0 Å². The lowest BCUT2D eigenvalue weighted by atomic mass is 10.1. The highest BCUT2D eigenvalue weighted by molar-refractivity contribution is 6.06. The molecule has 3 aromatic rings. The van der Waals surface area contributed by atoms with Crippen molar-refractivity contribution in [3.05, 3.63) is 69.8 Å². The molecule has 6 heteroatoms. The molecule has 1 aliphatic heterocycles. The van der Waals surface area contributed by atoms with Gasteiger partial charge in [0.15, 0.2) is 0 Å². The van der Waals surface area contributed by atoms with Crippen LogP contribution >= 0.6 is 0 Å². The molecule has 4 rings (SSSR count). The summed E-state index contributed by atoms with van der Waals surface area (Å²) in [6, 6.07) is 13.7. The van der Waals surface area contributed by atoms with E-state index in [0.29, 0.717) is 34.3 Å². The number of nitriles is 1. The first-order valence-electron chi connectivity index (χ1n) is 8.51. The quantitative estimate of drug-likeness (QED) is 0.774. The number of anilines is 1. The van der Waals surface area contributed by atoms with Crippen LogP contribution in [0.1, 0.15) is 34.6 Å². The zero-order valence-electron chi connectivity index (χ0n) is 14.0. The molecule has 1 aliphatic rings. The molecule has 0 saturated carbocycles. The molecule has 128 valence electrons. The van der Waals surface area contributed by atoms with Gasteiger partial charge in [-0.3, -0.25) is 14.2 Å². The summed E-state index contributed by atoms with van der Waals surface area (Å²) in [6.07, 6.45) is 2.79. The molecule has 0 radical (unpaired) electrons. The molecule has 0 fully saturated rings. The third kappa shape index (κ3) is 2.84. The van der Waals surface area contributed by atoms with E-state index in [0.717, 1.165) is 25.1 Å². The number of carbonyl (C=O) groups is 1. The van der Waals surface area contributed by atoms with Crippen molar-refractivity contribution in [1.29, 1.82) is 5.26 Å². The Kier molecular flexibility index (Phi) is 3.98. The van der Waals surface area contributed by atoms with E-state index in [-0.39, 0.29) is 11.5 Å². The first kappa shape index (κ1) is 16.0. The minimum Gasteiger partial charge on any atom is -0.322 e. The molecule has 6 nitrogen and oxygen atoms in total. The third-order valence-electron chi connectivity index (χ3n) is 4.58. The van der Waals surface area contributed by atoms with Crippen molar-refractivity contribution in [3.8, 4) is 6.07 Å². The van der Waals surface area contributed by atoms with Crippen LogP contribution in [-0.2, 0) is 13.0 Å². The number of nitrogens with zero attached hydrogens (tertiary/aromatic N) is 3. The molecule has 2 heterocycles. The Bertz CT molecular complexity index is 1120. The largest absolute Gasteiger partial charge is 0.322 e. The van der Waals surface area contributed by atoms with E-state index in [2.05, 4.69) is 10.3 Å². The van der Waals surface area contributed by atoms with Gasteiger partial charge in [0.25, 0.3) is 11.5 Å². The van der Waals surface area contributed by atoms with Crippen molar-refractivity contribution in [2.75, 3.05) is 5.32 Å². The summed E-state index contributed by atoms with van der Waals surface area (Å²) >= 11 is 0. The molecule has 0 saturated heterocycles. The van der Waals surface area contributed by atoms with Gasteiger partial charge in [-0.05, 0) is 49.2 Å². The summed E-state index contributed by atoms with van der Waals surface area (Å²) in [6.45, 7) is 0.703. The van der Waals surface area contributed by atoms with Crippen LogP contribution in [0.25, 0.3) is 10.9 Å². The summed E-state index contributed by atoms with van der Waals surface area (Å²) in [5.74, 6) is 0.481. The maximum absolute atomic E-state index is 12.6. The maximum atomic E-state index is 12.6. The van der Waals surface area contributed by atoms with E-state index in [1.807, 2.05) is 6.07 Å². The predicted octanol–water partition coefficient (Wildman–Crippen LogP) is 2.86. The zero-order valence-corrected chi connectivity index (χ0v) is 14.0. The standard InChI is InChI=1S/C20H16N4O2/c21-12-13-4-3-5-15(10-13)22-19(25)14-7-8-16-17(11-14)23-18-6-1-2-9-24(18)20(16)26/h3-5,7-8,10-11H,1-2,6,9H2,(H,22,25). The lowest BCUT2D eigenvalue weighted by Gasteiger charge is -2.17. The normalized spacial score (nSPS) is 13.0. The van der Waals surface area contributed by atoms with Crippen molar-refractivity contribution in [2.24, 2.45) is 0 Å². The maximum Gasteiger partial charge on any atom is 0.261 e. The number of rotatable bonds is 2. The van der Waals surface area contributed by atoms with E-state index in [9.17, 15) is 9.59 Å². The highest BCUT2D eigenvalue weighted by Gasteiger charge is 2.16. The Morgan fingerprint density at radius 2 is 2.08 bits per heavy atom. The predicted molar refractivity (Wildman–Crippen MR) is 98.1 cm³/mol. The summed E-state index contributed by atoms with van der Waals surface area (Å²) in [5, 5.41) is 12.3. The molecular formula is C20H16N4O2. The summed E-state index contributed by atoms with van der Waals surface area (Å²) in [4.78, 5) is 29.7. The zero-order chi connectivity index (χ0) is 18.1. The van der Waals surface area contributed by atoms with E-state index in [1.165, 1.54) is 0 Å². The number of fused-ring (bicyclic) bond motifs is 2. The molecule has 0 aliphatic carbocycles. The number of benzene rings is 2. The second-order valence-corrected chi connectivity index (χ2v) is 6.32. The van der Waals surface area contributed by atoms with Crippen LogP contribution in [0, 0.1) is 11.3 Å². The summed E-state index contributed by atoms with van der Waals surface area (Å²) < 4.78 is 1.74. The van der Waals surface area contributed by atoms with Gasteiger partial charge < -0.3 is 5.32 Å². The molecule has 0 atom stereocenters. The van der Waals surface area contributed by atoms with Gasteiger partial charge in [-0.25, -0.2) is 4.98 Å². The minimum atomic E-state index is -0.304. The van der Waals surface area contributed by atoms with Crippen LogP contribution in [0.15, 0.2) is 47.3 Å². The topological polar surface area (TPSA) is 87.8 Å². The van der Waals surface area contributed by atoms with Gasteiger partial charge in [0, 0.05) is 24.2 Å². The fourth-order valence-electron chi connectivity index (χ4n) is 3.25. The van der Waals surface area contributed by atoms with Gasteiger partial charge >= 0.3 is 0 Å². The highest BCUT2D eigenvalue weighted by Crippen LogP contribution is 2.17. The van der Waals surface area contributed by atoms with E-state index >= 15 is 0 Å². The number of nitrogens with one attached hydrogen (secondary N) is 1. The van der Waals surface area contributed by atoms with Crippen LogP contribution < -0.4 is 10.9 Å². The molecular weight excluding hydrogens is 328 g/mol. The van der Waals surface area contributed by atoms with Crippen molar-refractivity contribution >= 4 is 22.5 Å². The fourth-order valence-corrected chi connectivity index (χ4v) is 3.25. The average Bonchev–Trinajstić information content (AvgIpc) is 2.68. The van der Waals surface area contributed by atoms with Crippen molar-refractivity contribution in [1.82, 2.24) is 9.55 Å². The van der Waals surface area contributed by atoms with Crippen LogP contribution in [0.5, 0.6) is 0 Å². The number of hydrogen-bond donors (Lipinski definition) is 1. The summed E-state index contributed by atoms with van der Waals surface area (Å²) in [5.41, 5.74) is 1.95. The Balaban J connectivity index is 1.69. The van der Waals surface area contributed by atoms with Crippen LogP contribution in [0.3, 0.4) is 0 Å². The first-order valence-corrected chi connectivity index (χ1v) is 8.51. The van der Waals surface area contributed by atoms with Gasteiger partial charge in [0.1, 0.15) is 5.82 Å². The van der Waals surface area contributed by atoms with Crippen molar-refractivity contribution < 1.29 is 4.79 Å². The van der Waals surface area contributed by atoms with Crippen LogP contribution in [0.4, 0.5) is 5.69 Å². The number of aryl methyl sites for hydroxylation is 1. The average molecular weight is 344 g/mol. The van der Waals surface area contributed by atoms with Gasteiger partial charge in [-0.1, -0.05) is 6.07 Å². The number of aromatic nitrogens is 2. The molecule has 0 unspecified atom stereocenters. The second-order valence-electron chi connectivity index (χ2n) is 6.32. The van der Waals surface area contributed by atoms with Crippen molar-refractivity contribution in [3.63, 3.8) is 0 Å². The Labute approximate surface area is 149 Å². The van der Waals surface area contributed by atoms with Crippen LogP contribution in [0.2, 0.25) is 0 Å². The lowest BCUT2D eigenvalue weighted by molar-refractivity contribution is 0.102. The molecule has 0 bridgehead atoms. The van der Waals surface area contributed by atoms with Crippen LogP contribution in [-0.4, -0.2) is 15.5 Å². The van der Waals surface area contributed by atoms with E-state index in [4.69, 9.17) is 5.26 Å². The lowest BCUT2D eigenvalue weighted by Crippen LogP contribution is -2.28.